The smallest absolute Gasteiger partial charge is 0.0382 e. The summed E-state index contributed by atoms with van der Waals surface area (Å²) < 4.78 is 0. The molecule has 0 fully saturated rings. The van der Waals surface area contributed by atoms with Crippen LogP contribution in [-0.4, -0.2) is 0 Å². The van der Waals surface area contributed by atoms with Gasteiger partial charge in [-0.05, 0) is 80.2 Å². The van der Waals surface area contributed by atoms with Crippen LogP contribution < -0.4 is 5.32 Å². The first-order chi connectivity index (χ1) is 12.4. The average molecular weight is 329 g/mol. The Morgan fingerprint density at radius 1 is 0.840 bits per heavy atom. The Balaban J connectivity index is 1.40. The minimum absolute atomic E-state index is 0.777. The van der Waals surface area contributed by atoms with Gasteiger partial charge in [0.15, 0.2) is 0 Å². The Kier molecular flexibility index (Phi) is 5.01. The van der Waals surface area contributed by atoms with Crippen LogP contribution in [0.3, 0.4) is 0 Å². The third-order valence-corrected chi connectivity index (χ3v) is 5.49. The second-order valence-electron chi connectivity index (χ2n) is 7.26. The van der Waals surface area contributed by atoms with Crippen molar-refractivity contribution >= 4 is 11.3 Å². The molecular formula is C24H27N. The molecule has 128 valence electrons. The molecule has 1 nitrogen and oxygen atoms in total. The first-order valence-corrected chi connectivity index (χ1v) is 9.67. The first-order valence-electron chi connectivity index (χ1n) is 9.67. The Morgan fingerprint density at radius 2 is 1.76 bits per heavy atom. The highest BCUT2D eigenvalue weighted by molar-refractivity contribution is 5.75. The molecule has 0 spiro atoms. The minimum atomic E-state index is 0.777. The van der Waals surface area contributed by atoms with Gasteiger partial charge in [-0.25, -0.2) is 0 Å². The monoisotopic (exact) mass is 329 g/mol. The van der Waals surface area contributed by atoms with Crippen LogP contribution in [0.2, 0.25) is 0 Å². The standard InChI is InChI=1S/C24H27N/c1-3-7-19(8-4-1)21-11-15-23(16-12-21)25-24-17-13-22(14-18-24)20-9-5-2-6-10-20/h1,3,5,9-11,13-15,17-19,25H,2,4,6-8,12,16H2. The summed E-state index contributed by atoms with van der Waals surface area (Å²) in [6.45, 7) is 0. The lowest BCUT2D eigenvalue weighted by Crippen LogP contribution is -2.10. The fraction of sp³-hybridized carbons (Fsp3) is 0.333. The SMILES string of the molecule is C1=CC(c2ccc(NC3=CC=C(C4CC=CCC4)CC3)cc2)=CCC1. The molecule has 1 N–H and O–H groups in total. The van der Waals surface area contributed by atoms with Crippen LogP contribution in [0.5, 0.6) is 0 Å². The van der Waals surface area contributed by atoms with E-state index in [0.717, 1.165) is 18.8 Å². The summed E-state index contributed by atoms with van der Waals surface area (Å²) >= 11 is 0. The van der Waals surface area contributed by atoms with Crippen molar-refractivity contribution in [1.29, 1.82) is 0 Å². The van der Waals surface area contributed by atoms with Crippen LogP contribution in [0.4, 0.5) is 5.69 Å². The normalized spacial score (nSPS) is 22.9. The molecule has 1 unspecified atom stereocenters. The molecule has 0 radical (unpaired) electrons. The number of anilines is 1. The zero-order chi connectivity index (χ0) is 16.9. The number of allylic oxidation sites excluding steroid dienone is 10. The number of benzene rings is 1. The fourth-order valence-electron chi connectivity index (χ4n) is 3.99. The third kappa shape index (κ3) is 4.04. The van der Waals surface area contributed by atoms with E-state index in [4.69, 9.17) is 0 Å². The summed E-state index contributed by atoms with van der Waals surface area (Å²) in [5.41, 5.74) is 6.82. The van der Waals surface area contributed by atoms with Crippen molar-refractivity contribution in [2.24, 2.45) is 5.92 Å². The number of nitrogens with one attached hydrogen (secondary N) is 1. The molecule has 0 amide bonds. The van der Waals surface area contributed by atoms with Crippen LogP contribution in [0, 0.1) is 5.92 Å². The van der Waals surface area contributed by atoms with E-state index < -0.39 is 0 Å². The molecule has 1 aromatic carbocycles. The maximum atomic E-state index is 3.60. The molecule has 1 atom stereocenters. The molecule has 3 aliphatic rings. The summed E-state index contributed by atoms with van der Waals surface area (Å²) in [5, 5.41) is 3.60. The molecule has 0 saturated carbocycles. The molecular weight excluding hydrogens is 302 g/mol. The van der Waals surface area contributed by atoms with Crippen molar-refractivity contribution in [3.63, 3.8) is 0 Å². The van der Waals surface area contributed by atoms with Crippen LogP contribution in [0.25, 0.3) is 5.57 Å². The molecule has 0 aromatic heterocycles. The third-order valence-electron chi connectivity index (χ3n) is 5.49. The maximum absolute atomic E-state index is 3.60. The summed E-state index contributed by atoms with van der Waals surface area (Å²) in [7, 11) is 0. The highest BCUT2D eigenvalue weighted by Gasteiger charge is 2.17. The molecule has 25 heavy (non-hydrogen) atoms. The quantitative estimate of drug-likeness (QED) is 0.599. The molecule has 0 bridgehead atoms. The summed E-state index contributed by atoms with van der Waals surface area (Å²) in [4.78, 5) is 0. The van der Waals surface area contributed by atoms with Crippen LogP contribution in [0.15, 0.2) is 78.1 Å². The van der Waals surface area contributed by atoms with Gasteiger partial charge in [0.1, 0.15) is 0 Å². The number of rotatable bonds is 4. The largest absolute Gasteiger partial charge is 0.359 e. The van der Waals surface area contributed by atoms with Crippen molar-refractivity contribution in [2.45, 2.75) is 44.9 Å². The molecule has 0 aliphatic heterocycles. The van der Waals surface area contributed by atoms with Gasteiger partial charge in [0.05, 0.1) is 0 Å². The van der Waals surface area contributed by atoms with Crippen molar-refractivity contribution in [1.82, 2.24) is 0 Å². The van der Waals surface area contributed by atoms with E-state index in [1.165, 1.54) is 54.6 Å². The lowest BCUT2D eigenvalue weighted by Gasteiger charge is -2.24. The van der Waals surface area contributed by atoms with Crippen LogP contribution in [-0.2, 0) is 0 Å². The van der Waals surface area contributed by atoms with Crippen molar-refractivity contribution in [3.8, 4) is 0 Å². The van der Waals surface area contributed by atoms with Gasteiger partial charge < -0.3 is 5.32 Å². The van der Waals surface area contributed by atoms with Gasteiger partial charge in [-0.15, -0.1) is 0 Å². The number of hydrogen-bond acceptors (Lipinski definition) is 1. The molecule has 0 heterocycles. The second kappa shape index (κ2) is 7.74. The lowest BCUT2D eigenvalue weighted by atomic mass is 9.83. The second-order valence-corrected chi connectivity index (χ2v) is 7.26. The van der Waals surface area contributed by atoms with E-state index in [1.54, 1.807) is 5.57 Å². The van der Waals surface area contributed by atoms with Gasteiger partial charge in [0.25, 0.3) is 0 Å². The van der Waals surface area contributed by atoms with E-state index in [0.29, 0.717) is 0 Å². The Morgan fingerprint density at radius 3 is 2.44 bits per heavy atom. The highest BCUT2D eigenvalue weighted by atomic mass is 14.9. The first kappa shape index (κ1) is 16.2. The molecule has 1 aromatic rings. The van der Waals surface area contributed by atoms with Gasteiger partial charge in [0, 0.05) is 11.4 Å². The average Bonchev–Trinajstić information content (AvgIpc) is 2.71. The van der Waals surface area contributed by atoms with Gasteiger partial charge in [0.2, 0.25) is 0 Å². The molecule has 3 aliphatic carbocycles. The summed E-state index contributed by atoms with van der Waals surface area (Å²) in [5.74, 6) is 0.777. The summed E-state index contributed by atoms with van der Waals surface area (Å²) in [6, 6.07) is 8.85. The van der Waals surface area contributed by atoms with Gasteiger partial charge >= 0.3 is 0 Å². The molecule has 4 rings (SSSR count). The van der Waals surface area contributed by atoms with Crippen LogP contribution >= 0.6 is 0 Å². The fourth-order valence-corrected chi connectivity index (χ4v) is 3.99. The zero-order valence-electron chi connectivity index (χ0n) is 14.9. The van der Waals surface area contributed by atoms with Crippen molar-refractivity contribution in [3.05, 3.63) is 83.6 Å². The molecule has 1 heteroatoms. The Bertz CT molecular complexity index is 756. The number of hydrogen-bond donors (Lipinski definition) is 1. The summed E-state index contributed by atoms with van der Waals surface area (Å²) in [6.07, 6.45) is 24.6. The highest BCUT2D eigenvalue weighted by Crippen LogP contribution is 2.32. The topological polar surface area (TPSA) is 12.0 Å². The van der Waals surface area contributed by atoms with Crippen molar-refractivity contribution < 1.29 is 0 Å². The van der Waals surface area contributed by atoms with E-state index >= 15 is 0 Å². The lowest BCUT2D eigenvalue weighted by molar-refractivity contribution is 0.531. The predicted octanol–water partition coefficient (Wildman–Crippen LogP) is 6.79. The van der Waals surface area contributed by atoms with Gasteiger partial charge in [-0.1, -0.05) is 54.2 Å². The zero-order valence-corrected chi connectivity index (χ0v) is 14.9. The van der Waals surface area contributed by atoms with Crippen molar-refractivity contribution in [2.75, 3.05) is 5.32 Å². The van der Waals surface area contributed by atoms with Gasteiger partial charge in [-0.2, -0.15) is 0 Å². The van der Waals surface area contributed by atoms with Gasteiger partial charge in [-0.3, -0.25) is 0 Å². The Hall–Kier alpha value is -2.28. The Labute approximate surface area is 151 Å². The van der Waals surface area contributed by atoms with E-state index in [1.807, 2.05) is 0 Å². The van der Waals surface area contributed by atoms with Crippen LogP contribution in [0.1, 0.15) is 50.5 Å². The minimum Gasteiger partial charge on any atom is -0.359 e. The predicted molar refractivity (Wildman–Crippen MR) is 108 cm³/mol. The van der Waals surface area contributed by atoms with E-state index in [2.05, 4.69) is 72.1 Å². The molecule has 0 saturated heterocycles. The van der Waals surface area contributed by atoms with E-state index in [9.17, 15) is 0 Å². The maximum Gasteiger partial charge on any atom is 0.0382 e. The van der Waals surface area contributed by atoms with E-state index in [-0.39, 0.29) is 0 Å².